The summed E-state index contributed by atoms with van der Waals surface area (Å²) >= 11 is 6.15. The van der Waals surface area contributed by atoms with Crippen LogP contribution < -0.4 is 4.74 Å². The quantitative estimate of drug-likeness (QED) is 0.223. The van der Waals surface area contributed by atoms with Gasteiger partial charge in [-0.15, -0.1) is 0 Å². The molecular weight excluding hydrogens is 456 g/mol. The molecular formula is C26H19ClN2O3S. The van der Waals surface area contributed by atoms with E-state index >= 15 is 0 Å². The summed E-state index contributed by atoms with van der Waals surface area (Å²) < 4.78 is 33.5. The van der Waals surface area contributed by atoms with Gasteiger partial charge in [-0.3, -0.25) is 0 Å². The number of hydrogen-bond acceptors (Lipinski definition) is 4. The predicted molar refractivity (Wildman–Crippen MR) is 133 cm³/mol. The zero-order valence-corrected chi connectivity index (χ0v) is 19.2. The van der Waals surface area contributed by atoms with Crippen molar-refractivity contribution in [2.24, 2.45) is 0 Å². The van der Waals surface area contributed by atoms with Crippen LogP contribution in [-0.2, 0) is 10.0 Å². The van der Waals surface area contributed by atoms with Crippen LogP contribution in [-0.4, -0.2) is 24.5 Å². The molecule has 2 heterocycles. The van der Waals surface area contributed by atoms with E-state index in [4.69, 9.17) is 16.3 Å². The standard InChI is InChI=1S/C26H19ClN2O3S/c1-32-20-12-9-18(10-13-20)7-8-19-11-15-24-23(17-19)22-14-16-25(27)28-26(22)29(24)33(30,31)21-5-3-2-4-6-21/h2-17H,1H3. The van der Waals surface area contributed by atoms with Crippen LogP contribution in [0.25, 0.3) is 34.1 Å². The summed E-state index contributed by atoms with van der Waals surface area (Å²) in [6, 6.07) is 25.2. The van der Waals surface area contributed by atoms with E-state index in [0.717, 1.165) is 22.3 Å². The number of aromatic nitrogens is 2. The second kappa shape index (κ2) is 8.39. The zero-order chi connectivity index (χ0) is 23.0. The van der Waals surface area contributed by atoms with E-state index in [1.807, 2.05) is 48.6 Å². The maximum atomic E-state index is 13.5. The highest BCUT2D eigenvalue weighted by Crippen LogP contribution is 2.33. The van der Waals surface area contributed by atoms with Gasteiger partial charge < -0.3 is 4.74 Å². The van der Waals surface area contributed by atoms with Gasteiger partial charge in [-0.2, -0.15) is 0 Å². The van der Waals surface area contributed by atoms with Crippen LogP contribution in [0, 0.1) is 0 Å². The Kier molecular flexibility index (Phi) is 5.40. The first kappa shape index (κ1) is 21.2. The van der Waals surface area contributed by atoms with Crippen LogP contribution in [0.15, 0.2) is 89.8 Å². The van der Waals surface area contributed by atoms with E-state index in [1.165, 1.54) is 3.97 Å². The molecule has 33 heavy (non-hydrogen) atoms. The van der Waals surface area contributed by atoms with Crippen molar-refractivity contribution < 1.29 is 13.2 Å². The van der Waals surface area contributed by atoms with Crippen LogP contribution in [0.3, 0.4) is 0 Å². The summed E-state index contributed by atoms with van der Waals surface area (Å²) in [6.07, 6.45) is 3.98. The molecule has 2 aromatic heterocycles. The normalized spacial score (nSPS) is 12.1. The fourth-order valence-corrected chi connectivity index (χ4v) is 5.44. The van der Waals surface area contributed by atoms with Gasteiger partial charge in [0.15, 0.2) is 5.65 Å². The average molecular weight is 475 g/mol. The second-order valence-corrected chi connectivity index (χ2v) is 9.64. The minimum absolute atomic E-state index is 0.189. The number of pyridine rings is 1. The fraction of sp³-hybridized carbons (Fsp3) is 0.0385. The van der Waals surface area contributed by atoms with Crippen molar-refractivity contribution in [2.75, 3.05) is 7.11 Å². The molecule has 5 rings (SSSR count). The number of halogens is 1. The van der Waals surface area contributed by atoms with Crippen molar-refractivity contribution in [3.8, 4) is 5.75 Å². The van der Waals surface area contributed by atoms with Crippen LogP contribution in [0.2, 0.25) is 5.15 Å². The first-order valence-corrected chi connectivity index (χ1v) is 12.0. The van der Waals surface area contributed by atoms with Gasteiger partial charge in [0.05, 0.1) is 17.5 Å². The molecule has 0 N–H and O–H groups in total. The molecule has 0 radical (unpaired) electrons. The largest absolute Gasteiger partial charge is 0.497 e. The van der Waals surface area contributed by atoms with Gasteiger partial charge in [-0.25, -0.2) is 17.4 Å². The Hall–Kier alpha value is -3.61. The third-order valence-electron chi connectivity index (χ3n) is 5.43. The van der Waals surface area contributed by atoms with Crippen molar-refractivity contribution in [2.45, 2.75) is 4.90 Å². The highest BCUT2D eigenvalue weighted by Gasteiger charge is 2.24. The van der Waals surface area contributed by atoms with Gasteiger partial charge in [-0.05, 0) is 59.7 Å². The monoisotopic (exact) mass is 474 g/mol. The molecule has 0 amide bonds. The van der Waals surface area contributed by atoms with Crippen molar-refractivity contribution in [1.29, 1.82) is 0 Å². The molecule has 0 bridgehead atoms. The molecule has 0 aliphatic carbocycles. The SMILES string of the molecule is COc1ccc(C=Cc2ccc3c(c2)c2ccc(Cl)nc2n3S(=O)(=O)c2ccccc2)cc1. The Morgan fingerprint density at radius 3 is 2.27 bits per heavy atom. The number of rotatable bonds is 5. The van der Waals surface area contributed by atoms with E-state index in [-0.39, 0.29) is 10.0 Å². The molecule has 0 saturated carbocycles. The third-order valence-corrected chi connectivity index (χ3v) is 7.36. The summed E-state index contributed by atoms with van der Waals surface area (Å²) in [6.45, 7) is 0. The Bertz CT molecular complexity index is 1610. The molecule has 5 aromatic rings. The average Bonchev–Trinajstić information content (AvgIpc) is 3.17. The van der Waals surface area contributed by atoms with E-state index in [9.17, 15) is 8.42 Å². The van der Waals surface area contributed by atoms with E-state index in [2.05, 4.69) is 4.98 Å². The molecule has 7 heteroatoms. The van der Waals surface area contributed by atoms with Crippen molar-refractivity contribution >= 4 is 55.7 Å². The molecule has 0 unspecified atom stereocenters. The zero-order valence-electron chi connectivity index (χ0n) is 17.6. The Balaban J connectivity index is 1.67. The second-order valence-electron chi connectivity index (χ2n) is 7.47. The maximum Gasteiger partial charge on any atom is 0.269 e. The number of nitrogens with zero attached hydrogens (tertiary/aromatic N) is 2. The van der Waals surface area contributed by atoms with Gasteiger partial charge >= 0.3 is 0 Å². The maximum absolute atomic E-state index is 13.5. The van der Waals surface area contributed by atoms with Crippen molar-refractivity contribution in [3.05, 3.63) is 101 Å². The smallest absolute Gasteiger partial charge is 0.269 e. The minimum atomic E-state index is -3.87. The molecule has 0 fully saturated rings. The Morgan fingerprint density at radius 2 is 1.55 bits per heavy atom. The number of methoxy groups -OCH3 is 1. The molecule has 0 aliphatic rings. The van der Waals surface area contributed by atoms with Crippen LogP contribution in [0.5, 0.6) is 5.75 Å². The summed E-state index contributed by atoms with van der Waals surface area (Å²) in [5.41, 5.74) is 2.81. The number of hydrogen-bond donors (Lipinski definition) is 0. The summed E-state index contributed by atoms with van der Waals surface area (Å²) in [5, 5.41) is 1.73. The van der Waals surface area contributed by atoms with E-state index < -0.39 is 10.0 Å². The lowest BCUT2D eigenvalue weighted by Crippen LogP contribution is -2.13. The van der Waals surface area contributed by atoms with Crippen LogP contribution >= 0.6 is 11.6 Å². The molecule has 5 nitrogen and oxygen atoms in total. The van der Waals surface area contributed by atoms with Gasteiger partial charge in [0, 0.05) is 10.8 Å². The van der Waals surface area contributed by atoms with Crippen LogP contribution in [0.1, 0.15) is 11.1 Å². The highest BCUT2D eigenvalue weighted by molar-refractivity contribution is 7.90. The van der Waals surface area contributed by atoms with Crippen LogP contribution in [0.4, 0.5) is 0 Å². The van der Waals surface area contributed by atoms with Crippen molar-refractivity contribution in [1.82, 2.24) is 8.96 Å². The lowest BCUT2D eigenvalue weighted by Gasteiger charge is -2.08. The number of benzene rings is 3. The predicted octanol–water partition coefficient (Wildman–Crippen LogP) is 6.26. The molecule has 0 saturated heterocycles. The summed E-state index contributed by atoms with van der Waals surface area (Å²) in [7, 11) is -2.24. The van der Waals surface area contributed by atoms with E-state index in [0.29, 0.717) is 16.6 Å². The van der Waals surface area contributed by atoms with Crippen molar-refractivity contribution in [3.63, 3.8) is 0 Å². The minimum Gasteiger partial charge on any atom is -0.497 e. The van der Waals surface area contributed by atoms with Gasteiger partial charge in [0.1, 0.15) is 10.9 Å². The molecule has 3 aromatic carbocycles. The Labute approximate surface area is 196 Å². The third kappa shape index (κ3) is 3.88. The molecule has 0 atom stereocenters. The summed E-state index contributed by atoms with van der Waals surface area (Å²) in [4.78, 5) is 4.55. The highest BCUT2D eigenvalue weighted by atomic mass is 35.5. The lowest BCUT2D eigenvalue weighted by molar-refractivity contribution is 0.415. The first-order valence-electron chi connectivity index (χ1n) is 10.2. The van der Waals surface area contributed by atoms with Gasteiger partial charge in [0.2, 0.25) is 0 Å². The number of ether oxygens (including phenoxy) is 1. The van der Waals surface area contributed by atoms with Gasteiger partial charge in [-0.1, -0.05) is 60.2 Å². The summed E-state index contributed by atoms with van der Waals surface area (Å²) in [5.74, 6) is 0.798. The molecule has 164 valence electrons. The lowest BCUT2D eigenvalue weighted by atomic mass is 10.1. The van der Waals surface area contributed by atoms with E-state index in [1.54, 1.807) is 55.6 Å². The van der Waals surface area contributed by atoms with Gasteiger partial charge in [0.25, 0.3) is 10.0 Å². The first-order chi connectivity index (χ1) is 16.0. The molecule has 0 aliphatic heterocycles. The fourth-order valence-electron chi connectivity index (χ4n) is 3.80. The topological polar surface area (TPSA) is 61.2 Å². The molecule has 0 spiro atoms. The number of fused-ring (bicyclic) bond motifs is 3. The Morgan fingerprint density at radius 1 is 0.848 bits per heavy atom.